The zero-order chi connectivity index (χ0) is 11.5. The fraction of sp³-hybridized carbons (Fsp3) is 0.417. The molecule has 0 radical (unpaired) electrons. The molecule has 0 saturated carbocycles. The third-order valence-corrected chi connectivity index (χ3v) is 2.29. The highest BCUT2D eigenvalue weighted by molar-refractivity contribution is 5.80. The van der Waals surface area contributed by atoms with E-state index in [0.29, 0.717) is 5.56 Å². The maximum absolute atomic E-state index is 11.5. The molecule has 1 aromatic rings. The Balaban J connectivity index is 2.94. The molecule has 0 amide bonds. The van der Waals surface area contributed by atoms with Gasteiger partial charge in [-0.1, -0.05) is 29.8 Å². The van der Waals surface area contributed by atoms with E-state index in [1.807, 2.05) is 19.1 Å². The minimum Gasteiger partial charge on any atom is -0.464 e. The predicted molar refractivity (Wildman–Crippen MR) is 57.4 cm³/mol. The Morgan fingerprint density at radius 2 is 1.93 bits per heavy atom. The highest BCUT2D eigenvalue weighted by Crippen LogP contribution is 2.22. The number of ether oxygens (including phenoxy) is 1. The van der Waals surface area contributed by atoms with Gasteiger partial charge in [-0.05, 0) is 26.3 Å². The van der Waals surface area contributed by atoms with E-state index in [2.05, 4.69) is 0 Å². The van der Waals surface area contributed by atoms with Crippen molar-refractivity contribution in [1.82, 2.24) is 0 Å². The quantitative estimate of drug-likeness (QED) is 0.770. The van der Waals surface area contributed by atoms with E-state index in [4.69, 9.17) is 4.74 Å². The molecule has 82 valence electrons. The SMILES string of the molecule is CCOC(=O)[C@@](C)(O)c1ccc(C)cc1. The Morgan fingerprint density at radius 1 is 1.40 bits per heavy atom. The molecule has 1 rings (SSSR count). The Hall–Kier alpha value is -1.35. The monoisotopic (exact) mass is 208 g/mol. The number of aliphatic hydroxyl groups is 1. The molecule has 0 unspecified atom stereocenters. The minimum atomic E-state index is -1.57. The summed E-state index contributed by atoms with van der Waals surface area (Å²) in [6.07, 6.45) is 0. The van der Waals surface area contributed by atoms with E-state index in [1.165, 1.54) is 6.92 Å². The summed E-state index contributed by atoms with van der Waals surface area (Å²) in [5.41, 5.74) is 0.0638. The molecule has 0 spiro atoms. The van der Waals surface area contributed by atoms with E-state index >= 15 is 0 Å². The summed E-state index contributed by atoms with van der Waals surface area (Å²) < 4.78 is 4.80. The Kier molecular flexibility index (Phi) is 3.48. The third-order valence-electron chi connectivity index (χ3n) is 2.29. The first-order valence-electron chi connectivity index (χ1n) is 4.95. The van der Waals surface area contributed by atoms with Crippen LogP contribution in [0.15, 0.2) is 24.3 Å². The van der Waals surface area contributed by atoms with E-state index in [0.717, 1.165) is 5.56 Å². The largest absolute Gasteiger partial charge is 0.464 e. The molecule has 3 heteroatoms. The van der Waals surface area contributed by atoms with Gasteiger partial charge in [0.05, 0.1) is 6.61 Å². The Morgan fingerprint density at radius 3 is 2.40 bits per heavy atom. The summed E-state index contributed by atoms with van der Waals surface area (Å²) >= 11 is 0. The van der Waals surface area contributed by atoms with Crippen LogP contribution in [-0.4, -0.2) is 17.7 Å². The van der Waals surface area contributed by atoms with Crippen molar-refractivity contribution in [2.75, 3.05) is 6.61 Å². The molecule has 0 bridgehead atoms. The van der Waals surface area contributed by atoms with Gasteiger partial charge in [0.15, 0.2) is 5.60 Å². The van der Waals surface area contributed by atoms with Crippen molar-refractivity contribution in [3.63, 3.8) is 0 Å². The molecule has 0 aliphatic heterocycles. The first-order chi connectivity index (χ1) is 6.98. The van der Waals surface area contributed by atoms with Crippen molar-refractivity contribution in [3.05, 3.63) is 35.4 Å². The number of rotatable bonds is 3. The standard InChI is InChI=1S/C12H16O3/c1-4-15-11(13)12(3,14)10-7-5-9(2)6-8-10/h5-8,14H,4H2,1-3H3/t12-/m0/s1. The highest BCUT2D eigenvalue weighted by Gasteiger charge is 2.33. The van der Waals surface area contributed by atoms with Crippen LogP contribution >= 0.6 is 0 Å². The summed E-state index contributed by atoms with van der Waals surface area (Å²) in [6.45, 7) is 5.36. The van der Waals surface area contributed by atoms with Crippen molar-refractivity contribution >= 4 is 5.97 Å². The van der Waals surface area contributed by atoms with Gasteiger partial charge in [0.1, 0.15) is 0 Å². The lowest BCUT2D eigenvalue weighted by atomic mass is 9.95. The zero-order valence-electron chi connectivity index (χ0n) is 9.28. The van der Waals surface area contributed by atoms with Crippen LogP contribution in [0.2, 0.25) is 0 Å². The predicted octanol–water partition coefficient (Wildman–Crippen LogP) is 1.77. The average Bonchev–Trinajstić information content (AvgIpc) is 2.18. The smallest absolute Gasteiger partial charge is 0.342 e. The van der Waals surface area contributed by atoms with Crippen molar-refractivity contribution in [3.8, 4) is 0 Å². The maximum atomic E-state index is 11.5. The summed E-state index contributed by atoms with van der Waals surface area (Å²) in [5.74, 6) is -0.617. The van der Waals surface area contributed by atoms with Crippen LogP contribution in [0.4, 0.5) is 0 Å². The van der Waals surface area contributed by atoms with Gasteiger partial charge in [0.2, 0.25) is 0 Å². The molecule has 3 nitrogen and oxygen atoms in total. The Bertz CT molecular complexity index is 338. The molecule has 1 aromatic carbocycles. The van der Waals surface area contributed by atoms with Gasteiger partial charge < -0.3 is 9.84 Å². The van der Waals surface area contributed by atoms with Crippen LogP contribution in [-0.2, 0) is 15.1 Å². The molecule has 1 N–H and O–H groups in total. The second-order valence-corrected chi connectivity index (χ2v) is 3.66. The number of carbonyl (C=O) groups is 1. The van der Waals surface area contributed by atoms with E-state index in [1.54, 1.807) is 19.1 Å². The summed E-state index contributed by atoms with van der Waals surface area (Å²) in [6, 6.07) is 7.16. The molecule has 0 fully saturated rings. The topological polar surface area (TPSA) is 46.5 Å². The number of benzene rings is 1. The van der Waals surface area contributed by atoms with Gasteiger partial charge in [-0.2, -0.15) is 0 Å². The van der Waals surface area contributed by atoms with Crippen molar-refractivity contribution in [2.45, 2.75) is 26.4 Å². The molecule has 15 heavy (non-hydrogen) atoms. The molecule has 1 atom stereocenters. The van der Waals surface area contributed by atoms with Crippen LogP contribution in [0.25, 0.3) is 0 Å². The van der Waals surface area contributed by atoms with Crippen molar-refractivity contribution in [1.29, 1.82) is 0 Å². The second-order valence-electron chi connectivity index (χ2n) is 3.66. The first-order valence-corrected chi connectivity index (χ1v) is 4.95. The van der Waals surface area contributed by atoms with Gasteiger partial charge >= 0.3 is 5.97 Å². The van der Waals surface area contributed by atoms with Crippen LogP contribution in [0.3, 0.4) is 0 Å². The van der Waals surface area contributed by atoms with Gasteiger partial charge in [-0.3, -0.25) is 0 Å². The summed E-state index contributed by atoms with van der Waals surface area (Å²) in [7, 11) is 0. The normalized spacial score (nSPS) is 14.4. The van der Waals surface area contributed by atoms with Crippen LogP contribution in [0.5, 0.6) is 0 Å². The molecular weight excluding hydrogens is 192 g/mol. The fourth-order valence-electron chi connectivity index (χ4n) is 1.27. The molecule has 0 saturated heterocycles. The molecule has 0 aliphatic rings. The summed E-state index contributed by atoms with van der Waals surface area (Å²) in [5, 5.41) is 10.0. The summed E-state index contributed by atoms with van der Waals surface area (Å²) in [4.78, 5) is 11.5. The highest BCUT2D eigenvalue weighted by atomic mass is 16.5. The lowest BCUT2D eigenvalue weighted by Gasteiger charge is -2.21. The number of aryl methyl sites for hydroxylation is 1. The molecule has 0 aliphatic carbocycles. The maximum Gasteiger partial charge on any atom is 0.342 e. The lowest BCUT2D eigenvalue weighted by Crippen LogP contribution is -2.34. The third kappa shape index (κ3) is 2.57. The minimum absolute atomic E-state index is 0.265. The molecular formula is C12H16O3. The number of carbonyl (C=O) groups excluding carboxylic acids is 1. The van der Waals surface area contributed by atoms with Crippen molar-refractivity contribution in [2.24, 2.45) is 0 Å². The van der Waals surface area contributed by atoms with Gasteiger partial charge in [0.25, 0.3) is 0 Å². The first kappa shape index (κ1) is 11.7. The second kappa shape index (κ2) is 4.45. The van der Waals surface area contributed by atoms with Crippen LogP contribution in [0, 0.1) is 6.92 Å². The average molecular weight is 208 g/mol. The van der Waals surface area contributed by atoms with Gasteiger partial charge in [-0.15, -0.1) is 0 Å². The molecule has 0 aromatic heterocycles. The van der Waals surface area contributed by atoms with Gasteiger partial charge in [0, 0.05) is 0 Å². The molecule has 0 heterocycles. The lowest BCUT2D eigenvalue weighted by molar-refractivity contribution is -0.164. The fourth-order valence-corrected chi connectivity index (χ4v) is 1.27. The van der Waals surface area contributed by atoms with Crippen LogP contribution < -0.4 is 0 Å². The van der Waals surface area contributed by atoms with Crippen molar-refractivity contribution < 1.29 is 14.6 Å². The van der Waals surface area contributed by atoms with E-state index in [-0.39, 0.29) is 6.61 Å². The van der Waals surface area contributed by atoms with E-state index < -0.39 is 11.6 Å². The number of esters is 1. The van der Waals surface area contributed by atoms with Gasteiger partial charge in [-0.25, -0.2) is 4.79 Å². The number of hydrogen-bond donors (Lipinski definition) is 1. The zero-order valence-corrected chi connectivity index (χ0v) is 9.28. The van der Waals surface area contributed by atoms with E-state index in [9.17, 15) is 9.90 Å². The number of hydrogen-bond acceptors (Lipinski definition) is 3. The Labute approximate surface area is 89.7 Å². The van der Waals surface area contributed by atoms with Crippen LogP contribution in [0.1, 0.15) is 25.0 Å².